The maximum absolute atomic E-state index is 12.3. The molecule has 0 saturated heterocycles. The zero-order valence-electron chi connectivity index (χ0n) is 13.6. The minimum atomic E-state index is -0.605. The first-order valence-corrected chi connectivity index (χ1v) is 8.19. The highest BCUT2D eigenvalue weighted by molar-refractivity contribution is 7.18. The van der Waals surface area contributed by atoms with E-state index in [9.17, 15) is 9.59 Å². The summed E-state index contributed by atoms with van der Waals surface area (Å²) >= 11 is 1.13. The molecule has 0 bridgehead atoms. The van der Waals surface area contributed by atoms with Crippen LogP contribution in [-0.2, 0) is 4.74 Å². The molecule has 1 amide bonds. The quantitative estimate of drug-likeness (QED) is 0.798. The van der Waals surface area contributed by atoms with E-state index in [1.807, 2.05) is 6.92 Å². The Kier molecular flexibility index (Phi) is 5.20. The highest BCUT2D eigenvalue weighted by Gasteiger charge is 2.23. The number of aromatic nitrogens is 1. The second-order valence-corrected chi connectivity index (χ2v) is 6.97. The van der Waals surface area contributed by atoms with Gasteiger partial charge in [-0.15, -0.1) is 0 Å². The Labute approximate surface area is 138 Å². The van der Waals surface area contributed by atoms with Gasteiger partial charge in [0, 0.05) is 6.42 Å². The second-order valence-electron chi connectivity index (χ2n) is 5.97. The average Bonchev–Trinajstić information content (AvgIpc) is 3.04. The number of ether oxygens (including phenoxy) is 1. The Morgan fingerprint density at radius 1 is 1.39 bits per heavy atom. The summed E-state index contributed by atoms with van der Waals surface area (Å²) in [5.74, 6) is 0.478. The lowest BCUT2D eigenvalue weighted by Crippen LogP contribution is -2.27. The molecular formula is C16H20N2O4S. The van der Waals surface area contributed by atoms with Crippen molar-refractivity contribution < 1.29 is 18.7 Å². The van der Waals surface area contributed by atoms with Gasteiger partial charge >= 0.3 is 6.09 Å². The van der Waals surface area contributed by atoms with E-state index in [1.54, 1.807) is 32.9 Å². The molecule has 0 radical (unpaired) electrons. The van der Waals surface area contributed by atoms with Gasteiger partial charge in [-0.1, -0.05) is 18.3 Å². The first-order chi connectivity index (χ1) is 10.8. The number of ketones is 1. The lowest BCUT2D eigenvalue weighted by molar-refractivity contribution is 0.0635. The highest BCUT2D eigenvalue weighted by atomic mass is 32.1. The third-order valence-corrected chi connectivity index (χ3v) is 3.73. The Morgan fingerprint density at radius 2 is 2.13 bits per heavy atom. The van der Waals surface area contributed by atoms with Crippen LogP contribution in [0.25, 0.3) is 11.5 Å². The molecule has 0 fully saturated rings. The van der Waals surface area contributed by atoms with E-state index < -0.39 is 11.7 Å². The second kappa shape index (κ2) is 6.95. The lowest BCUT2D eigenvalue weighted by atomic mass is 10.1. The maximum Gasteiger partial charge on any atom is 0.413 e. The fourth-order valence-corrected chi connectivity index (χ4v) is 2.80. The Morgan fingerprint density at radius 3 is 2.70 bits per heavy atom. The average molecular weight is 336 g/mol. The SMILES string of the molecule is CCCC(=O)c1sc(NC(=O)OC(C)(C)C)nc1-c1ccco1. The summed E-state index contributed by atoms with van der Waals surface area (Å²) in [4.78, 5) is 28.9. The lowest BCUT2D eigenvalue weighted by Gasteiger charge is -2.18. The molecule has 0 unspecified atom stereocenters. The van der Waals surface area contributed by atoms with Crippen LogP contribution in [-0.4, -0.2) is 22.5 Å². The van der Waals surface area contributed by atoms with E-state index in [2.05, 4.69) is 10.3 Å². The van der Waals surface area contributed by atoms with Crippen LogP contribution in [0.15, 0.2) is 22.8 Å². The van der Waals surface area contributed by atoms with Crippen LogP contribution in [0.2, 0.25) is 0 Å². The molecule has 2 rings (SSSR count). The number of carbonyl (C=O) groups is 2. The summed E-state index contributed by atoms with van der Waals surface area (Å²) in [7, 11) is 0. The highest BCUT2D eigenvalue weighted by Crippen LogP contribution is 2.32. The monoisotopic (exact) mass is 336 g/mol. The van der Waals surface area contributed by atoms with Gasteiger partial charge in [-0.2, -0.15) is 0 Å². The molecule has 23 heavy (non-hydrogen) atoms. The van der Waals surface area contributed by atoms with Gasteiger partial charge in [-0.3, -0.25) is 10.1 Å². The summed E-state index contributed by atoms with van der Waals surface area (Å²) in [5, 5.41) is 2.88. The van der Waals surface area contributed by atoms with Crippen LogP contribution in [0.3, 0.4) is 0 Å². The zero-order valence-corrected chi connectivity index (χ0v) is 14.5. The van der Waals surface area contributed by atoms with Gasteiger partial charge in [0.2, 0.25) is 0 Å². The van der Waals surface area contributed by atoms with Crippen LogP contribution in [0, 0.1) is 0 Å². The van der Waals surface area contributed by atoms with E-state index in [0.29, 0.717) is 27.9 Å². The third-order valence-electron chi connectivity index (χ3n) is 2.72. The van der Waals surface area contributed by atoms with E-state index in [1.165, 1.54) is 6.26 Å². The van der Waals surface area contributed by atoms with Gasteiger partial charge in [0.25, 0.3) is 0 Å². The van der Waals surface area contributed by atoms with Gasteiger partial charge < -0.3 is 9.15 Å². The fraction of sp³-hybridized carbons (Fsp3) is 0.438. The molecule has 0 aromatic carbocycles. The molecule has 2 heterocycles. The van der Waals surface area contributed by atoms with Gasteiger partial charge in [0.1, 0.15) is 16.2 Å². The molecule has 2 aromatic heterocycles. The largest absolute Gasteiger partial charge is 0.463 e. The van der Waals surface area contributed by atoms with Crippen molar-refractivity contribution in [1.82, 2.24) is 4.98 Å². The number of nitrogens with zero attached hydrogens (tertiary/aromatic N) is 1. The van der Waals surface area contributed by atoms with Crippen molar-refractivity contribution in [3.63, 3.8) is 0 Å². The molecule has 1 N–H and O–H groups in total. The third kappa shape index (κ3) is 4.66. The molecule has 0 saturated carbocycles. The molecule has 7 heteroatoms. The number of hydrogen-bond donors (Lipinski definition) is 1. The first kappa shape index (κ1) is 17.2. The number of carbonyl (C=O) groups excluding carboxylic acids is 2. The number of nitrogens with one attached hydrogen (secondary N) is 1. The summed E-state index contributed by atoms with van der Waals surface area (Å²) in [6.45, 7) is 7.27. The van der Waals surface area contributed by atoms with Crippen molar-refractivity contribution in [2.45, 2.75) is 46.1 Å². The predicted octanol–water partition coefficient (Wildman–Crippen LogP) is 4.73. The molecule has 6 nitrogen and oxygen atoms in total. The van der Waals surface area contributed by atoms with Crippen molar-refractivity contribution in [2.75, 3.05) is 5.32 Å². The number of Topliss-reactive ketones (excluding diaryl/α,β-unsaturated/α-hetero) is 1. The van der Waals surface area contributed by atoms with E-state index in [0.717, 1.165) is 17.8 Å². The summed E-state index contributed by atoms with van der Waals surface area (Å²) in [6.07, 6.45) is 2.07. The zero-order chi connectivity index (χ0) is 17.0. The molecule has 0 spiro atoms. The standard InChI is InChI=1S/C16H20N2O4S/c1-5-7-10(19)13-12(11-8-6-9-21-11)17-14(23-13)18-15(20)22-16(2,3)4/h6,8-9H,5,7H2,1-4H3,(H,17,18,20). The Hall–Kier alpha value is -2.15. The summed E-state index contributed by atoms with van der Waals surface area (Å²) in [6, 6.07) is 3.46. The van der Waals surface area contributed by atoms with Gasteiger partial charge in [-0.05, 0) is 39.3 Å². The number of thiazole rings is 1. The Bertz CT molecular complexity index is 683. The van der Waals surface area contributed by atoms with Crippen LogP contribution in [0.1, 0.15) is 50.2 Å². The number of hydrogen-bond acceptors (Lipinski definition) is 6. The molecular weight excluding hydrogens is 316 g/mol. The topological polar surface area (TPSA) is 81.4 Å². The molecule has 0 aliphatic heterocycles. The van der Waals surface area contributed by atoms with Crippen molar-refractivity contribution >= 4 is 28.3 Å². The number of anilines is 1. The maximum atomic E-state index is 12.3. The van der Waals surface area contributed by atoms with Crippen LogP contribution in [0.4, 0.5) is 9.93 Å². The Balaban J connectivity index is 2.27. The molecule has 2 aromatic rings. The van der Waals surface area contributed by atoms with Gasteiger partial charge in [-0.25, -0.2) is 9.78 Å². The minimum Gasteiger partial charge on any atom is -0.463 e. The molecule has 124 valence electrons. The van der Waals surface area contributed by atoms with E-state index >= 15 is 0 Å². The summed E-state index contributed by atoms with van der Waals surface area (Å²) < 4.78 is 10.5. The normalized spacial score (nSPS) is 11.3. The van der Waals surface area contributed by atoms with Gasteiger partial charge in [0.05, 0.1) is 6.26 Å². The van der Waals surface area contributed by atoms with Gasteiger partial charge in [0.15, 0.2) is 16.7 Å². The smallest absolute Gasteiger partial charge is 0.413 e. The van der Waals surface area contributed by atoms with Crippen molar-refractivity contribution in [1.29, 1.82) is 0 Å². The van der Waals surface area contributed by atoms with E-state index in [-0.39, 0.29) is 5.78 Å². The van der Waals surface area contributed by atoms with Crippen molar-refractivity contribution in [3.8, 4) is 11.5 Å². The fourth-order valence-electron chi connectivity index (χ4n) is 1.87. The first-order valence-electron chi connectivity index (χ1n) is 7.38. The van der Waals surface area contributed by atoms with Crippen molar-refractivity contribution in [3.05, 3.63) is 23.3 Å². The van der Waals surface area contributed by atoms with Crippen LogP contribution in [0.5, 0.6) is 0 Å². The van der Waals surface area contributed by atoms with Crippen LogP contribution < -0.4 is 5.32 Å². The molecule has 0 aliphatic carbocycles. The molecule has 0 aliphatic rings. The number of amides is 1. The predicted molar refractivity (Wildman–Crippen MR) is 88.9 cm³/mol. The van der Waals surface area contributed by atoms with Crippen molar-refractivity contribution in [2.24, 2.45) is 0 Å². The number of rotatable bonds is 5. The van der Waals surface area contributed by atoms with Crippen LogP contribution >= 0.6 is 11.3 Å². The minimum absolute atomic E-state index is 0.0198. The summed E-state index contributed by atoms with van der Waals surface area (Å²) in [5.41, 5.74) is -0.156. The molecule has 0 atom stereocenters. The van der Waals surface area contributed by atoms with E-state index in [4.69, 9.17) is 9.15 Å². The number of furan rings is 1.